The van der Waals surface area contributed by atoms with Gasteiger partial charge in [-0.15, -0.1) is 0 Å². The van der Waals surface area contributed by atoms with Gasteiger partial charge in [0.15, 0.2) is 0 Å². The molecule has 0 amide bonds. The lowest BCUT2D eigenvalue weighted by atomic mass is 9.96. The van der Waals surface area contributed by atoms with E-state index in [4.69, 9.17) is 10.5 Å². The normalized spacial score (nSPS) is 12.9. The van der Waals surface area contributed by atoms with Crippen molar-refractivity contribution in [1.29, 1.82) is 0 Å². The summed E-state index contributed by atoms with van der Waals surface area (Å²) in [6, 6.07) is 10.6. The van der Waals surface area contributed by atoms with Gasteiger partial charge in [-0.3, -0.25) is 0 Å². The molecule has 0 aliphatic carbocycles. The average molecular weight is 265 g/mol. The topological polar surface area (TPSA) is 35.2 Å². The number of halogens is 2. The fourth-order valence-electron chi connectivity index (χ4n) is 2.25. The largest absolute Gasteiger partial charge is 0.494 e. The zero-order valence-electron chi connectivity index (χ0n) is 10.8. The summed E-state index contributed by atoms with van der Waals surface area (Å²) in [7, 11) is 0. The molecular weight excluding hydrogens is 248 g/mol. The van der Waals surface area contributed by atoms with E-state index in [1.807, 2.05) is 37.3 Å². The van der Waals surface area contributed by atoms with Crippen molar-refractivity contribution in [3.63, 3.8) is 0 Å². The summed E-state index contributed by atoms with van der Waals surface area (Å²) < 4.78 is 30.7. The highest BCUT2D eigenvalue weighted by Gasteiger charge is 2.19. The monoisotopic (exact) mass is 265 g/mol. The third-order valence-electron chi connectivity index (χ3n) is 3.03. The number of hydrogen-bond acceptors (Lipinski definition) is 2. The molecule has 0 unspecified atom stereocenters. The van der Waals surface area contributed by atoms with Crippen molar-refractivity contribution in [3.8, 4) is 5.75 Å². The molecule has 0 radical (unpaired) electrons. The van der Waals surface area contributed by atoms with Crippen molar-refractivity contribution in [2.45, 2.75) is 25.8 Å². The standard InChI is InChI=1S/C15H17F2NO/c1-2-19-13-8-7-10-5-3-4-6-11(10)15(13)12(18)9-14(16)17/h3-8,12,14H,2,9,18H2,1H3/t12-/m1/s1. The number of hydrogen-bond donors (Lipinski definition) is 1. The van der Waals surface area contributed by atoms with E-state index in [0.717, 1.165) is 10.8 Å². The first-order chi connectivity index (χ1) is 9.13. The Morgan fingerprint density at radius 3 is 2.58 bits per heavy atom. The third-order valence-corrected chi connectivity index (χ3v) is 3.03. The van der Waals surface area contributed by atoms with Gasteiger partial charge in [-0.1, -0.05) is 30.3 Å². The molecule has 2 N–H and O–H groups in total. The number of nitrogens with two attached hydrogens (primary N) is 1. The second-order valence-corrected chi connectivity index (χ2v) is 4.36. The first kappa shape index (κ1) is 13.7. The molecule has 0 bridgehead atoms. The van der Waals surface area contributed by atoms with Crippen LogP contribution in [0.15, 0.2) is 36.4 Å². The van der Waals surface area contributed by atoms with E-state index in [2.05, 4.69) is 0 Å². The van der Waals surface area contributed by atoms with Crippen LogP contribution in [0.2, 0.25) is 0 Å². The van der Waals surface area contributed by atoms with Gasteiger partial charge in [0, 0.05) is 18.0 Å². The summed E-state index contributed by atoms with van der Waals surface area (Å²) in [5.74, 6) is 0.592. The quantitative estimate of drug-likeness (QED) is 0.890. The molecule has 0 saturated heterocycles. The molecule has 0 spiro atoms. The second kappa shape index (κ2) is 5.97. The van der Waals surface area contributed by atoms with E-state index in [-0.39, 0.29) is 6.42 Å². The maximum atomic E-state index is 12.6. The molecule has 102 valence electrons. The van der Waals surface area contributed by atoms with Crippen molar-refractivity contribution in [3.05, 3.63) is 42.0 Å². The fourth-order valence-corrected chi connectivity index (χ4v) is 2.25. The SMILES string of the molecule is CCOc1ccc2ccccc2c1[C@H](N)CC(F)F. The van der Waals surface area contributed by atoms with Gasteiger partial charge < -0.3 is 10.5 Å². The molecule has 2 nitrogen and oxygen atoms in total. The summed E-state index contributed by atoms with van der Waals surface area (Å²) >= 11 is 0. The summed E-state index contributed by atoms with van der Waals surface area (Å²) in [6.07, 6.45) is -2.79. The zero-order valence-corrected chi connectivity index (χ0v) is 10.8. The number of benzene rings is 2. The molecule has 0 aliphatic heterocycles. The van der Waals surface area contributed by atoms with E-state index in [0.29, 0.717) is 17.9 Å². The van der Waals surface area contributed by atoms with Gasteiger partial charge in [-0.05, 0) is 23.8 Å². The summed E-state index contributed by atoms with van der Waals surface area (Å²) in [5.41, 5.74) is 6.60. The van der Waals surface area contributed by atoms with E-state index < -0.39 is 12.5 Å². The minimum absolute atomic E-state index is 0.367. The van der Waals surface area contributed by atoms with E-state index >= 15 is 0 Å². The van der Waals surface area contributed by atoms with Crippen LogP contribution < -0.4 is 10.5 Å². The van der Waals surface area contributed by atoms with Crippen LogP contribution in [0.25, 0.3) is 10.8 Å². The smallest absolute Gasteiger partial charge is 0.240 e. The Bertz CT molecular complexity index is 557. The van der Waals surface area contributed by atoms with Crippen LogP contribution in [0.1, 0.15) is 24.9 Å². The lowest BCUT2D eigenvalue weighted by Crippen LogP contribution is -2.16. The van der Waals surface area contributed by atoms with Crippen molar-refractivity contribution in [2.75, 3.05) is 6.61 Å². The molecule has 1 atom stereocenters. The minimum Gasteiger partial charge on any atom is -0.494 e. The summed E-state index contributed by atoms with van der Waals surface area (Å²) in [5, 5.41) is 1.85. The fraction of sp³-hybridized carbons (Fsp3) is 0.333. The maximum absolute atomic E-state index is 12.6. The van der Waals surface area contributed by atoms with Gasteiger partial charge in [0.05, 0.1) is 6.61 Å². The van der Waals surface area contributed by atoms with Gasteiger partial charge in [-0.2, -0.15) is 0 Å². The predicted molar refractivity (Wildman–Crippen MR) is 72.7 cm³/mol. The molecule has 0 aliphatic rings. The molecule has 0 saturated carbocycles. The number of ether oxygens (including phenoxy) is 1. The molecule has 2 aromatic rings. The van der Waals surface area contributed by atoms with E-state index in [1.54, 1.807) is 6.07 Å². The van der Waals surface area contributed by atoms with Crippen LogP contribution in [0, 0.1) is 0 Å². The van der Waals surface area contributed by atoms with Crippen molar-refractivity contribution in [2.24, 2.45) is 5.73 Å². The highest BCUT2D eigenvalue weighted by Crippen LogP contribution is 2.34. The van der Waals surface area contributed by atoms with E-state index in [9.17, 15) is 8.78 Å². The summed E-state index contributed by atoms with van der Waals surface area (Å²) in [4.78, 5) is 0. The van der Waals surface area contributed by atoms with Crippen LogP contribution in [0.4, 0.5) is 8.78 Å². The van der Waals surface area contributed by atoms with Crippen LogP contribution in [-0.2, 0) is 0 Å². The molecule has 2 rings (SSSR count). The van der Waals surface area contributed by atoms with Crippen LogP contribution >= 0.6 is 0 Å². The van der Waals surface area contributed by atoms with Gasteiger partial charge >= 0.3 is 0 Å². The Labute approximate surface area is 111 Å². The minimum atomic E-state index is -2.43. The van der Waals surface area contributed by atoms with Gasteiger partial charge in [-0.25, -0.2) is 8.78 Å². The Morgan fingerprint density at radius 1 is 1.16 bits per heavy atom. The predicted octanol–water partition coefficient (Wildman–Crippen LogP) is 3.89. The first-order valence-corrected chi connectivity index (χ1v) is 6.31. The van der Waals surface area contributed by atoms with Crippen molar-refractivity contribution >= 4 is 10.8 Å². The number of alkyl halides is 2. The second-order valence-electron chi connectivity index (χ2n) is 4.36. The zero-order chi connectivity index (χ0) is 13.8. The highest BCUT2D eigenvalue weighted by molar-refractivity contribution is 5.88. The van der Waals surface area contributed by atoms with Crippen molar-refractivity contribution < 1.29 is 13.5 Å². The van der Waals surface area contributed by atoms with Gasteiger partial charge in [0.2, 0.25) is 6.43 Å². The maximum Gasteiger partial charge on any atom is 0.240 e. The first-order valence-electron chi connectivity index (χ1n) is 6.31. The van der Waals surface area contributed by atoms with Gasteiger partial charge in [0.25, 0.3) is 0 Å². The van der Waals surface area contributed by atoms with Gasteiger partial charge in [0.1, 0.15) is 5.75 Å². The Kier molecular flexibility index (Phi) is 4.32. The van der Waals surface area contributed by atoms with E-state index in [1.165, 1.54) is 0 Å². The highest BCUT2D eigenvalue weighted by atomic mass is 19.3. The van der Waals surface area contributed by atoms with Crippen LogP contribution in [0.5, 0.6) is 5.75 Å². The Hall–Kier alpha value is -1.68. The molecule has 0 aromatic heterocycles. The molecule has 0 heterocycles. The lowest BCUT2D eigenvalue weighted by Gasteiger charge is -2.18. The third kappa shape index (κ3) is 3.01. The van der Waals surface area contributed by atoms with Crippen LogP contribution in [-0.4, -0.2) is 13.0 Å². The molecule has 19 heavy (non-hydrogen) atoms. The number of fused-ring (bicyclic) bond motifs is 1. The average Bonchev–Trinajstić information content (AvgIpc) is 2.37. The molecule has 2 aromatic carbocycles. The lowest BCUT2D eigenvalue weighted by molar-refractivity contribution is 0.128. The molecule has 0 fully saturated rings. The van der Waals surface area contributed by atoms with Crippen LogP contribution in [0.3, 0.4) is 0 Å². The Morgan fingerprint density at radius 2 is 1.89 bits per heavy atom. The summed E-state index contributed by atoms with van der Waals surface area (Å²) in [6.45, 7) is 2.34. The number of rotatable bonds is 5. The van der Waals surface area contributed by atoms with Crippen molar-refractivity contribution in [1.82, 2.24) is 0 Å². The Balaban J connectivity index is 2.54. The molecular formula is C15H17F2NO. The molecule has 4 heteroatoms.